The lowest BCUT2D eigenvalue weighted by molar-refractivity contribution is 0.0915. The van der Waals surface area contributed by atoms with Crippen molar-refractivity contribution in [1.29, 1.82) is 0 Å². The zero-order valence-corrected chi connectivity index (χ0v) is 19.3. The molecule has 0 aliphatic carbocycles. The fourth-order valence-corrected chi connectivity index (χ4v) is 3.83. The molecule has 1 saturated heterocycles. The Hall–Kier alpha value is -1.82. The van der Waals surface area contributed by atoms with Crippen LogP contribution in [0.2, 0.25) is 0 Å². The summed E-state index contributed by atoms with van der Waals surface area (Å²) in [6.07, 6.45) is -0.236. The number of nitrogens with one attached hydrogen (secondary N) is 2. The zero-order valence-electron chi connectivity index (χ0n) is 16.2. The van der Waals surface area contributed by atoms with Gasteiger partial charge in [-0.3, -0.25) is 4.99 Å². The van der Waals surface area contributed by atoms with E-state index in [4.69, 9.17) is 4.74 Å². The average molecular weight is 518 g/mol. The van der Waals surface area contributed by atoms with Crippen molar-refractivity contribution in [3.05, 3.63) is 24.3 Å². The molecule has 0 saturated carbocycles. The summed E-state index contributed by atoms with van der Waals surface area (Å²) in [6.45, 7) is 6.48. The van der Waals surface area contributed by atoms with Gasteiger partial charge in [0.05, 0.1) is 16.8 Å². The molecule has 1 aromatic carbocycles. The molecule has 0 atom stereocenters. The Kier molecular flexibility index (Phi) is 9.03. The third-order valence-electron chi connectivity index (χ3n) is 4.30. The number of nitrogens with zero attached hydrogens (tertiary/aromatic N) is 4. The van der Waals surface area contributed by atoms with Gasteiger partial charge in [-0.25, -0.2) is 9.78 Å². The second kappa shape index (κ2) is 11.2. The number of halogens is 1. The van der Waals surface area contributed by atoms with Crippen molar-refractivity contribution < 1.29 is 9.53 Å². The predicted octanol–water partition coefficient (Wildman–Crippen LogP) is 2.68. The van der Waals surface area contributed by atoms with Crippen LogP contribution in [0.1, 0.15) is 6.92 Å². The molecule has 0 unspecified atom stereocenters. The molecule has 2 aromatic rings. The van der Waals surface area contributed by atoms with E-state index in [0.717, 1.165) is 42.8 Å². The van der Waals surface area contributed by atoms with Crippen LogP contribution in [0.15, 0.2) is 29.3 Å². The molecular formula is C18H27IN6O2S. The summed E-state index contributed by atoms with van der Waals surface area (Å²) < 4.78 is 6.24. The van der Waals surface area contributed by atoms with Gasteiger partial charge in [0.25, 0.3) is 0 Å². The number of amides is 1. The van der Waals surface area contributed by atoms with Gasteiger partial charge in [-0.05, 0) is 19.1 Å². The first-order chi connectivity index (χ1) is 13.2. The van der Waals surface area contributed by atoms with Crippen LogP contribution in [0.4, 0.5) is 9.93 Å². The van der Waals surface area contributed by atoms with Crippen LogP contribution in [0.5, 0.6) is 0 Å². The highest BCUT2D eigenvalue weighted by molar-refractivity contribution is 14.0. The number of aliphatic imine (C=N–C) groups is 1. The van der Waals surface area contributed by atoms with Crippen LogP contribution >= 0.6 is 35.3 Å². The van der Waals surface area contributed by atoms with Crippen molar-refractivity contribution in [2.24, 2.45) is 4.99 Å². The minimum Gasteiger partial charge on any atom is -0.450 e. The van der Waals surface area contributed by atoms with E-state index in [-0.39, 0.29) is 30.1 Å². The minimum atomic E-state index is -0.236. The summed E-state index contributed by atoms with van der Waals surface area (Å²) in [7, 11) is 1.78. The van der Waals surface area contributed by atoms with Crippen molar-refractivity contribution in [2.75, 3.05) is 58.2 Å². The van der Waals surface area contributed by atoms with Crippen molar-refractivity contribution in [3.63, 3.8) is 0 Å². The van der Waals surface area contributed by atoms with E-state index in [9.17, 15) is 4.79 Å². The molecule has 1 aliphatic heterocycles. The third-order valence-corrected chi connectivity index (χ3v) is 5.29. The highest BCUT2D eigenvalue weighted by Crippen LogP contribution is 2.24. The van der Waals surface area contributed by atoms with Crippen LogP contribution in [-0.2, 0) is 4.74 Å². The van der Waals surface area contributed by atoms with E-state index in [0.29, 0.717) is 19.7 Å². The van der Waals surface area contributed by atoms with Gasteiger partial charge in [-0.2, -0.15) is 0 Å². The first kappa shape index (κ1) is 22.5. The number of anilines is 1. The molecule has 1 aromatic heterocycles. The van der Waals surface area contributed by atoms with Gasteiger partial charge in [0.15, 0.2) is 11.1 Å². The summed E-state index contributed by atoms with van der Waals surface area (Å²) in [5.41, 5.74) is 1.02. The van der Waals surface area contributed by atoms with Crippen molar-refractivity contribution in [1.82, 2.24) is 20.1 Å². The predicted molar refractivity (Wildman–Crippen MR) is 125 cm³/mol. The number of aromatic nitrogens is 1. The number of piperazine rings is 1. The molecule has 2 heterocycles. The Labute approximate surface area is 186 Å². The maximum Gasteiger partial charge on any atom is 0.409 e. The number of guanidine groups is 1. The van der Waals surface area contributed by atoms with E-state index in [1.54, 1.807) is 23.3 Å². The number of rotatable bonds is 5. The molecule has 28 heavy (non-hydrogen) atoms. The van der Waals surface area contributed by atoms with Crippen LogP contribution < -0.4 is 10.6 Å². The highest BCUT2D eigenvalue weighted by Gasteiger charge is 2.23. The smallest absolute Gasteiger partial charge is 0.409 e. The normalized spacial score (nSPS) is 14.6. The van der Waals surface area contributed by atoms with Gasteiger partial charge in [-0.15, -0.1) is 24.0 Å². The van der Waals surface area contributed by atoms with E-state index in [2.05, 4.69) is 31.6 Å². The van der Waals surface area contributed by atoms with Gasteiger partial charge < -0.3 is 25.2 Å². The van der Waals surface area contributed by atoms with Crippen LogP contribution in [-0.4, -0.2) is 79.8 Å². The summed E-state index contributed by atoms with van der Waals surface area (Å²) in [5.74, 6) is 0.851. The first-order valence-electron chi connectivity index (χ1n) is 9.18. The minimum absolute atomic E-state index is 0. The largest absolute Gasteiger partial charge is 0.450 e. The Morgan fingerprint density at radius 3 is 2.61 bits per heavy atom. The monoisotopic (exact) mass is 518 g/mol. The number of hydrogen-bond acceptors (Lipinski definition) is 6. The molecule has 0 spiro atoms. The maximum absolute atomic E-state index is 11.8. The van der Waals surface area contributed by atoms with E-state index in [1.165, 1.54) is 4.70 Å². The summed E-state index contributed by atoms with van der Waals surface area (Å²) >= 11 is 1.66. The molecule has 10 heteroatoms. The lowest BCUT2D eigenvalue weighted by Crippen LogP contribution is -2.54. The number of benzene rings is 1. The number of fused-ring (bicyclic) bond motifs is 1. The second-order valence-electron chi connectivity index (χ2n) is 6.06. The molecule has 0 radical (unpaired) electrons. The number of ether oxygens (including phenoxy) is 1. The molecule has 154 valence electrons. The van der Waals surface area contributed by atoms with Gasteiger partial charge in [0.1, 0.15) is 0 Å². The molecule has 8 nitrogen and oxygen atoms in total. The second-order valence-corrected chi connectivity index (χ2v) is 7.09. The zero-order chi connectivity index (χ0) is 19.1. The molecule has 1 fully saturated rings. The summed E-state index contributed by atoms with van der Waals surface area (Å²) in [5, 5.41) is 7.65. The van der Waals surface area contributed by atoms with Crippen molar-refractivity contribution >= 4 is 62.7 Å². The Morgan fingerprint density at radius 1 is 1.21 bits per heavy atom. The molecular weight excluding hydrogens is 491 g/mol. The van der Waals surface area contributed by atoms with Gasteiger partial charge in [0, 0.05) is 46.3 Å². The van der Waals surface area contributed by atoms with Gasteiger partial charge >= 0.3 is 6.09 Å². The summed E-state index contributed by atoms with van der Waals surface area (Å²) in [6, 6.07) is 8.12. The molecule has 1 amide bonds. The number of thiazole rings is 1. The molecule has 3 rings (SSSR count). The van der Waals surface area contributed by atoms with Crippen LogP contribution in [0.25, 0.3) is 10.2 Å². The topological polar surface area (TPSA) is 82.1 Å². The van der Waals surface area contributed by atoms with Crippen molar-refractivity contribution in [2.45, 2.75) is 6.92 Å². The fraction of sp³-hybridized carbons (Fsp3) is 0.500. The molecule has 2 N–H and O–H groups in total. The highest BCUT2D eigenvalue weighted by atomic mass is 127. The first-order valence-corrected chi connectivity index (χ1v) is 9.99. The van der Waals surface area contributed by atoms with E-state index < -0.39 is 0 Å². The lowest BCUT2D eigenvalue weighted by atomic mass is 10.3. The van der Waals surface area contributed by atoms with Gasteiger partial charge in [0.2, 0.25) is 0 Å². The quantitative estimate of drug-likeness (QED) is 0.274. The Bertz CT molecular complexity index is 758. The van der Waals surface area contributed by atoms with Crippen molar-refractivity contribution in [3.8, 4) is 0 Å². The molecule has 0 bridgehead atoms. The Balaban J connectivity index is 0.00000280. The number of carbonyl (C=O) groups excluding carboxylic acids is 1. The maximum atomic E-state index is 11.8. The standard InChI is InChI=1S/C18H26N6O2S.HI/c1-3-26-18(25)24-12-10-23(11-13-24)16(19-2)20-8-9-21-17-22-14-6-4-5-7-15(14)27-17;/h4-7H,3,8-13H2,1-2H3,(H,19,20)(H,21,22);1H. The average Bonchev–Trinajstić information content (AvgIpc) is 3.11. The Morgan fingerprint density at radius 2 is 1.93 bits per heavy atom. The summed E-state index contributed by atoms with van der Waals surface area (Å²) in [4.78, 5) is 24.6. The lowest BCUT2D eigenvalue weighted by Gasteiger charge is -2.35. The van der Waals surface area contributed by atoms with Gasteiger partial charge in [-0.1, -0.05) is 23.5 Å². The number of carbonyl (C=O) groups is 1. The number of para-hydroxylation sites is 1. The fourth-order valence-electron chi connectivity index (χ4n) is 2.94. The van der Waals surface area contributed by atoms with Crippen LogP contribution in [0.3, 0.4) is 0 Å². The van der Waals surface area contributed by atoms with Crippen LogP contribution in [0, 0.1) is 0 Å². The SMILES string of the molecule is CCOC(=O)N1CCN(C(=NC)NCCNc2nc3ccccc3s2)CC1.I. The number of hydrogen-bond donors (Lipinski definition) is 2. The molecule has 1 aliphatic rings. The third kappa shape index (κ3) is 5.84. The van der Waals surface area contributed by atoms with E-state index in [1.807, 2.05) is 25.1 Å². The van der Waals surface area contributed by atoms with E-state index >= 15 is 0 Å².